The molecule has 0 saturated heterocycles. The first kappa shape index (κ1) is 12.3. The first-order valence-corrected chi connectivity index (χ1v) is 5.66. The lowest BCUT2D eigenvalue weighted by Crippen LogP contribution is -2.00. The van der Waals surface area contributed by atoms with Crippen LogP contribution in [0.25, 0.3) is 11.1 Å². The number of hydrogen-bond acceptors (Lipinski definition) is 2. The van der Waals surface area contributed by atoms with Crippen molar-refractivity contribution >= 4 is 5.97 Å². The van der Waals surface area contributed by atoms with Crippen molar-refractivity contribution < 1.29 is 15.0 Å². The van der Waals surface area contributed by atoms with E-state index in [1.54, 1.807) is 19.1 Å². The molecule has 0 aromatic heterocycles. The summed E-state index contributed by atoms with van der Waals surface area (Å²) in [4.78, 5) is 11.1. The average Bonchev–Trinajstić information content (AvgIpc) is 2.38. The van der Waals surface area contributed by atoms with Crippen LogP contribution in [0.1, 0.15) is 21.5 Å². The number of aliphatic hydroxyl groups is 1. The van der Waals surface area contributed by atoms with Gasteiger partial charge in [-0.05, 0) is 41.3 Å². The average molecular weight is 242 g/mol. The van der Waals surface area contributed by atoms with Crippen molar-refractivity contribution in [1.82, 2.24) is 0 Å². The molecule has 92 valence electrons. The summed E-state index contributed by atoms with van der Waals surface area (Å²) >= 11 is 0. The molecule has 3 nitrogen and oxygen atoms in total. The minimum Gasteiger partial charge on any atom is -0.478 e. The third kappa shape index (κ3) is 2.26. The number of hydrogen-bond donors (Lipinski definition) is 2. The molecule has 0 bridgehead atoms. The van der Waals surface area contributed by atoms with Gasteiger partial charge in [0.1, 0.15) is 0 Å². The normalized spacial score (nSPS) is 10.3. The van der Waals surface area contributed by atoms with Gasteiger partial charge in [0, 0.05) is 0 Å². The largest absolute Gasteiger partial charge is 0.478 e. The topological polar surface area (TPSA) is 57.5 Å². The zero-order valence-corrected chi connectivity index (χ0v) is 10.1. The van der Waals surface area contributed by atoms with Crippen LogP contribution in [0.4, 0.5) is 0 Å². The van der Waals surface area contributed by atoms with Crippen LogP contribution in [0, 0.1) is 6.92 Å². The van der Waals surface area contributed by atoms with Gasteiger partial charge in [-0.25, -0.2) is 4.79 Å². The van der Waals surface area contributed by atoms with E-state index < -0.39 is 5.97 Å². The van der Waals surface area contributed by atoms with Crippen molar-refractivity contribution in [3.05, 3.63) is 59.2 Å². The minimum atomic E-state index is -0.923. The van der Waals surface area contributed by atoms with E-state index in [4.69, 9.17) is 10.2 Å². The Labute approximate surface area is 105 Å². The number of carbonyl (C=O) groups is 1. The predicted molar refractivity (Wildman–Crippen MR) is 69.5 cm³/mol. The third-order valence-electron chi connectivity index (χ3n) is 2.98. The van der Waals surface area contributed by atoms with E-state index in [9.17, 15) is 4.79 Å². The Bertz CT molecular complexity index is 588. The fourth-order valence-corrected chi connectivity index (χ4v) is 2.02. The van der Waals surface area contributed by atoms with E-state index in [1.807, 2.05) is 30.3 Å². The van der Waals surface area contributed by atoms with Gasteiger partial charge in [-0.15, -0.1) is 0 Å². The van der Waals surface area contributed by atoms with Crippen molar-refractivity contribution in [3.8, 4) is 11.1 Å². The van der Waals surface area contributed by atoms with Crippen molar-refractivity contribution in [3.63, 3.8) is 0 Å². The SMILES string of the molecule is Cc1c(C(=O)O)cccc1-c1cccc(CO)c1. The van der Waals surface area contributed by atoms with Crippen molar-refractivity contribution in [2.24, 2.45) is 0 Å². The molecule has 0 heterocycles. The molecule has 0 fully saturated rings. The Hall–Kier alpha value is -2.13. The summed E-state index contributed by atoms with van der Waals surface area (Å²) in [5, 5.41) is 18.2. The molecule has 0 atom stereocenters. The van der Waals surface area contributed by atoms with Crippen LogP contribution in [-0.2, 0) is 6.61 Å². The van der Waals surface area contributed by atoms with Crippen LogP contribution in [-0.4, -0.2) is 16.2 Å². The molecule has 2 aromatic rings. The first-order valence-electron chi connectivity index (χ1n) is 5.66. The fraction of sp³-hybridized carbons (Fsp3) is 0.133. The van der Waals surface area contributed by atoms with Gasteiger partial charge in [-0.2, -0.15) is 0 Å². The summed E-state index contributed by atoms with van der Waals surface area (Å²) in [7, 11) is 0. The molecule has 0 spiro atoms. The Balaban J connectivity index is 2.57. The standard InChI is InChI=1S/C15H14O3/c1-10-13(6-3-7-14(10)15(17)18)12-5-2-4-11(8-12)9-16/h2-8,16H,9H2,1H3,(H,17,18). The van der Waals surface area contributed by atoms with E-state index in [-0.39, 0.29) is 6.61 Å². The maximum atomic E-state index is 11.1. The van der Waals surface area contributed by atoms with Crippen LogP contribution >= 0.6 is 0 Å². The monoisotopic (exact) mass is 242 g/mol. The molecule has 18 heavy (non-hydrogen) atoms. The highest BCUT2D eigenvalue weighted by atomic mass is 16.4. The smallest absolute Gasteiger partial charge is 0.335 e. The van der Waals surface area contributed by atoms with Crippen LogP contribution < -0.4 is 0 Å². The van der Waals surface area contributed by atoms with Gasteiger partial charge in [0.05, 0.1) is 12.2 Å². The molecular weight excluding hydrogens is 228 g/mol. The van der Waals surface area contributed by atoms with Crippen LogP contribution in [0.5, 0.6) is 0 Å². The quantitative estimate of drug-likeness (QED) is 0.870. The molecule has 2 aromatic carbocycles. The zero-order chi connectivity index (χ0) is 13.1. The molecular formula is C15H14O3. The Morgan fingerprint density at radius 1 is 1.17 bits per heavy atom. The fourth-order valence-electron chi connectivity index (χ4n) is 2.02. The second kappa shape index (κ2) is 5.02. The number of carboxylic acid groups (broad SMARTS) is 1. The summed E-state index contributed by atoms with van der Waals surface area (Å²) < 4.78 is 0. The molecule has 2 N–H and O–H groups in total. The van der Waals surface area contributed by atoms with Gasteiger partial charge in [-0.3, -0.25) is 0 Å². The Morgan fingerprint density at radius 2 is 1.89 bits per heavy atom. The maximum Gasteiger partial charge on any atom is 0.335 e. The van der Waals surface area contributed by atoms with E-state index in [1.165, 1.54) is 0 Å². The molecule has 0 aliphatic heterocycles. The van der Waals surface area contributed by atoms with Gasteiger partial charge in [0.15, 0.2) is 0 Å². The molecule has 0 aliphatic carbocycles. The van der Waals surface area contributed by atoms with Gasteiger partial charge < -0.3 is 10.2 Å². The molecule has 0 aliphatic rings. The third-order valence-corrected chi connectivity index (χ3v) is 2.98. The van der Waals surface area contributed by atoms with Gasteiger partial charge in [0.2, 0.25) is 0 Å². The molecule has 0 saturated carbocycles. The lowest BCUT2D eigenvalue weighted by atomic mass is 9.95. The second-order valence-electron chi connectivity index (χ2n) is 4.14. The summed E-state index contributed by atoms with van der Waals surface area (Å²) in [5.74, 6) is -0.923. The Kier molecular flexibility index (Phi) is 3.44. The lowest BCUT2D eigenvalue weighted by Gasteiger charge is -2.09. The van der Waals surface area contributed by atoms with Gasteiger partial charge in [0.25, 0.3) is 0 Å². The minimum absolute atomic E-state index is 0.0223. The predicted octanol–water partition coefficient (Wildman–Crippen LogP) is 2.85. The van der Waals surface area contributed by atoms with Crippen LogP contribution in [0.2, 0.25) is 0 Å². The molecule has 3 heteroatoms. The second-order valence-corrected chi connectivity index (χ2v) is 4.14. The van der Waals surface area contributed by atoms with Crippen LogP contribution in [0.3, 0.4) is 0 Å². The van der Waals surface area contributed by atoms with E-state index in [0.29, 0.717) is 5.56 Å². The van der Waals surface area contributed by atoms with Crippen molar-refractivity contribution in [2.45, 2.75) is 13.5 Å². The Morgan fingerprint density at radius 3 is 2.56 bits per heavy atom. The van der Waals surface area contributed by atoms with E-state index in [2.05, 4.69) is 0 Å². The summed E-state index contributed by atoms with van der Waals surface area (Å²) in [6, 6.07) is 12.7. The molecule has 0 amide bonds. The van der Waals surface area contributed by atoms with Crippen LogP contribution in [0.15, 0.2) is 42.5 Å². The highest BCUT2D eigenvalue weighted by Crippen LogP contribution is 2.26. The summed E-state index contributed by atoms with van der Waals surface area (Å²) in [6.07, 6.45) is 0. The number of benzene rings is 2. The van der Waals surface area contributed by atoms with E-state index >= 15 is 0 Å². The highest BCUT2D eigenvalue weighted by molar-refractivity contribution is 5.92. The molecule has 0 unspecified atom stereocenters. The van der Waals surface area contributed by atoms with Crippen molar-refractivity contribution in [2.75, 3.05) is 0 Å². The number of aliphatic hydroxyl groups excluding tert-OH is 1. The molecule has 2 rings (SSSR count). The zero-order valence-electron chi connectivity index (χ0n) is 10.1. The molecule has 0 radical (unpaired) electrons. The first-order chi connectivity index (χ1) is 8.63. The number of carboxylic acids is 1. The lowest BCUT2D eigenvalue weighted by molar-refractivity contribution is 0.0696. The summed E-state index contributed by atoms with van der Waals surface area (Å²) in [5.41, 5.74) is 3.65. The number of rotatable bonds is 3. The van der Waals surface area contributed by atoms with Crippen molar-refractivity contribution in [1.29, 1.82) is 0 Å². The van der Waals surface area contributed by atoms with Gasteiger partial charge in [-0.1, -0.05) is 30.3 Å². The van der Waals surface area contributed by atoms with E-state index in [0.717, 1.165) is 22.3 Å². The number of aromatic carboxylic acids is 1. The van der Waals surface area contributed by atoms with Gasteiger partial charge >= 0.3 is 5.97 Å². The summed E-state index contributed by atoms with van der Waals surface area (Å²) in [6.45, 7) is 1.77. The maximum absolute atomic E-state index is 11.1. The highest BCUT2D eigenvalue weighted by Gasteiger charge is 2.11.